The Balaban J connectivity index is 2.14. The molecule has 2 rings (SSSR count). The van der Waals surface area contributed by atoms with Crippen LogP contribution < -0.4 is 15.0 Å². The van der Waals surface area contributed by atoms with Crippen molar-refractivity contribution in [2.75, 3.05) is 39.3 Å². The van der Waals surface area contributed by atoms with Gasteiger partial charge >= 0.3 is 0 Å². The summed E-state index contributed by atoms with van der Waals surface area (Å²) >= 11 is 0. The zero-order valence-electron chi connectivity index (χ0n) is 15.5. The van der Waals surface area contributed by atoms with Crippen molar-refractivity contribution in [2.45, 2.75) is 31.8 Å². The zero-order valence-corrected chi connectivity index (χ0v) is 15.5. The Kier molecular flexibility index (Phi) is 5.57. The summed E-state index contributed by atoms with van der Waals surface area (Å²) in [5.74, 6) is 0.467. The summed E-state index contributed by atoms with van der Waals surface area (Å²) in [6.45, 7) is 3.78. The smallest absolute Gasteiger partial charge is 0.253 e. The second kappa shape index (κ2) is 7.31. The fraction of sp³-hybridized carbons (Fsp3) is 0.556. The van der Waals surface area contributed by atoms with E-state index in [1.165, 1.54) is 4.90 Å². The number of amides is 2. The second-order valence-corrected chi connectivity index (χ2v) is 7.25. The summed E-state index contributed by atoms with van der Waals surface area (Å²) in [5, 5.41) is 12.1. The number of fused-ring (bicyclic) bond motifs is 1. The number of carbonyl (C=O) groups is 2. The Morgan fingerprint density at radius 2 is 2.08 bits per heavy atom. The predicted molar refractivity (Wildman–Crippen MR) is 96.1 cm³/mol. The van der Waals surface area contributed by atoms with Crippen LogP contribution in [0.1, 0.15) is 30.6 Å². The highest BCUT2D eigenvalue weighted by molar-refractivity contribution is 5.95. The molecule has 0 unspecified atom stereocenters. The third-order valence-corrected chi connectivity index (χ3v) is 4.27. The van der Waals surface area contributed by atoms with Crippen LogP contribution in [0.5, 0.6) is 5.75 Å². The van der Waals surface area contributed by atoms with Gasteiger partial charge in [0, 0.05) is 26.7 Å². The molecular formula is C18H27N3O4. The van der Waals surface area contributed by atoms with Crippen LogP contribution in [0.2, 0.25) is 0 Å². The number of aliphatic hydroxyl groups is 1. The average Bonchev–Trinajstić information content (AvgIpc) is 2.56. The Morgan fingerprint density at radius 1 is 1.40 bits per heavy atom. The van der Waals surface area contributed by atoms with E-state index >= 15 is 0 Å². The largest absolute Gasteiger partial charge is 0.489 e. The van der Waals surface area contributed by atoms with Crippen molar-refractivity contribution < 1.29 is 19.4 Å². The van der Waals surface area contributed by atoms with Gasteiger partial charge in [-0.05, 0) is 32.0 Å². The molecule has 0 saturated carbocycles. The van der Waals surface area contributed by atoms with Crippen molar-refractivity contribution in [1.82, 2.24) is 10.2 Å². The fourth-order valence-corrected chi connectivity index (χ4v) is 2.68. The van der Waals surface area contributed by atoms with Crippen LogP contribution in [-0.2, 0) is 4.79 Å². The van der Waals surface area contributed by atoms with E-state index in [2.05, 4.69) is 5.32 Å². The molecule has 0 fully saturated rings. The highest BCUT2D eigenvalue weighted by Crippen LogP contribution is 2.34. The summed E-state index contributed by atoms with van der Waals surface area (Å²) < 4.78 is 5.76. The van der Waals surface area contributed by atoms with E-state index in [1.807, 2.05) is 11.9 Å². The monoisotopic (exact) mass is 349 g/mol. The van der Waals surface area contributed by atoms with Gasteiger partial charge in [-0.15, -0.1) is 0 Å². The van der Waals surface area contributed by atoms with Crippen molar-refractivity contribution in [3.63, 3.8) is 0 Å². The number of hydrogen-bond acceptors (Lipinski definition) is 5. The minimum atomic E-state index is -0.658. The number of hydrogen-bond donors (Lipinski definition) is 2. The lowest BCUT2D eigenvalue weighted by molar-refractivity contribution is -0.123. The van der Waals surface area contributed by atoms with Gasteiger partial charge in [0.2, 0.25) is 5.91 Å². The number of nitrogens with one attached hydrogen (secondary N) is 1. The van der Waals surface area contributed by atoms with Gasteiger partial charge in [0.15, 0.2) is 0 Å². The molecule has 0 aliphatic carbocycles. The van der Waals surface area contributed by atoms with Gasteiger partial charge in [0.25, 0.3) is 5.91 Å². The Labute approximate surface area is 148 Å². The average molecular weight is 349 g/mol. The number of carbonyl (C=O) groups excluding carboxylic acids is 2. The molecule has 7 nitrogen and oxygen atoms in total. The maximum Gasteiger partial charge on any atom is 0.253 e. The van der Waals surface area contributed by atoms with Crippen LogP contribution in [-0.4, -0.2) is 67.8 Å². The number of likely N-dealkylation sites (N-methyl/N-ethyl adjacent to an activating group) is 1. The summed E-state index contributed by atoms with van der Waals surface area (Å²) in [4.78, 5) is 27.9. The third-order valence-electron chi connectivity index (χ3n) is 4.27. The zero-order chi connectivity index (χ0) is 18.8. The van der Waals surface area contributed by atoms with Crippen LogP contribution >= 0.6 is 0 Å². The standard InChI is InChI=1S/C18H27N3O4/c1-18(2,11-22)19-16(23)9-13-10-25-15-7-6-12(17(24)20(3)4)8-14(15)21(13)5/h6-8,13,22H,9-11H2,1-5H3,(H,19,23)/t13-/m1/s1. The molecule has 0 spiro atoms. The maximum absolute atomic E-state index is 12.2. The van der Waals surface area contributed by atoms with Gasteiger partial charge < -0.3 is 25.0 Å². The molecule has 1 aromatic rings. The number of anilines is 1. The number of benzene rings is 1. The van der Waals surface area contributed by atoms with E-state index in [4.69, 9.17) is 4.74 Å². The fourth-order valence-electron chi connectivity index (χ4n) is 2.68. The maximum atomic E-state index is 12.2. The van der Waals surface area contributed by atoms with Gasteiger partial charge in [-0.1, -0.05) is 0 Å². The first-order valence-corrected chi connectivity index (χ1v) is 8.28. The molecule has 7 heteroatoms. The molecule has 25 heavy (non-hydrogen) atoms. The van der Waals surface area contributed by atoms with Gasteiger partial charge in [0.1, 0.15) is 12.4 Å². The first kappa shape index (κ1) is 19.1. The van der Waals surface area contributed by atoms with Gasteiger partial charge in [-0.25, -0.2) is 0 Å². The van der Waals surface area contributed by atoms with E-state index in [9.17, 15) is 14.7 Å². The Hall–Kier alpha value is -2.28. The van der Waals surface area contributed by atoms with Crippen molar-refractivity contribution in [3.8, 4) is 5.75 Å². The first-order valence-electron chi connectivity index (χ1n) is 8.28. The van der Waals surface area contributed by atoms with Crippen LogP contribution in [0, 0.1) is 0 Å². The Bertz CT molecular complexity index is 658. The van der Waals surface area contributed by atoms with E-state index in [0.717, 1.165) is 5.69 Å². The minimum Gasteiger partial charge on any atom is -0.489 e. The number of ether oxygens (including phenoxy) is 1. The normalized spacial score (nSPS) is 16.7. The molecule has 0 bridgehead atoms. The number of rotatable bonds is 5. The quantitative estimate of drug-likeness (QED) is 0.824. The van der Waals surface area contributed by atoms with Gasteiger partial charge in [0.05, 0.1) is 30.3 Å². The molecule has 1 aliphatic rings. The van der Waals surface area contributed by atoms with E-state index in [1.54, 1.807) is 46.1 Å². The molecule has 2 amide bonds. The third kappa shape index (κ3) is 4.42. The minimum absolute atomic E-state index is 0.0826. The lowest BCUT2D eigenvalue weighted by Gasteiger charge is -2.36. The van der Waals surface area contributed by atoms with Crippen LogP contribution in [0.25, 0.3) is 0 Å². The van der Waals surface area contributed by atoms with Gasteiger partial charge in [-0.3, -0.25) is 9.59 Å². The predicted octanol–water partition coefficient (Wildman–Crippen LogP) is 0.863. The second-order valence-electron chi connectivity index (χ2n) is 7.25. The van der Waals surface area contributed by atoms with Crippen molar-refractivity contribution in [1.29, 1.82) is 0 Å². The molecule has 2 N–H and O–H groups in total. The van der Waals surface area contributed by atoms with Crippen molar-refractivity contribution in [3.05, 3.63) is 23.8 Å². The molecule has 1 atom stereocenters. The SMILES string of the molecule is CN(C)C(=O)c1ccc2c(c1)N(C)[C@H](CC(=O)NC(C)(C)CO)CO2. The van der Waals surface area contributed by atoms with Crippen molar-refractivity contribution in [2.24, 2.45) is 0 Å². The van der Waals surface area contributed by atoms with Crippen LogP contribution in [0.4, 0.5) is 5.69 Å². The number of aliphatic hydroxyl groups excluding tert-OH is 1. The molecule has 0 aromatic heterocycles. The molecular weight excluding hydrogens is 322 g/mol. The highest BCUT2D eigenvalue weighted by atomic mass is 16.5. The van der Waals surface area contributed by atoms with E-state index < -0.39 is 5.54 Å². The van der Waals surface area contributed by atoms with Crippen molar-refractivity contribution >= 4 is 17.5 Å². The Morgan fingerprint density at radius 3 is 2.68 bits per heavy atom. The lowest BCUT2D eigenvalue weighted by atomic mass is 10.0. The van der Waals surface area contributed by atoms with E-state index in [0.29, 0.717) is 17.9 Å². The first-order chi connectivity index (χ1) is 11.6. The summed E-state index contributed by atoms with van der Waals surface area (Å²) in [7, 11) is 5.30. The lowest BCUT2D eigenvalue weighted by Crippen LogP contribution is -2.50. The molecule has 1 aromatic carbocycles. The summed E-state index contributed by atoms with van der Waals surface area (Å²) in [5.41, 5.74) is 0.706. The molecule has 0 saturated heterocycles. The summed E-state index contributed by atoms with van der Waals surface area (Å²) in [6.07, 6.45) is 0.241. The summed E-state index contributed by atoms with van der Waals surface area (Å²) in [6, 6.07) is 5.17. The molecule has 1 aliphatic heterocycles. The topological polar surface area (TPSA) is 82.1 Å². The molecule has 1 heterocycles. The number of nitrogens with zero attached hydrogens (tertiary/aromatic N) is 2. The highest BCUT2D eigenvalue weighted by Gasteiger charge is 2.29. The van der Waals surface area contributed by atoms with Crippen LogP contribution in [0.15, 0.2) is 18.2 Å². The molecule has 138 valence electrons. The molecule has 0 radical (unpaired) electrons. The van der Waals surface area contributed by atoms with Gasteiger partial charge in [-0.2, -0.15) is 0 Å². The van der Waals surface area contributed by atoms with Crippen LogP contribution in [0.3, 0.4) is 0 Å². The van der Waals surface area contributed by atoms with E-state index in [-0.39, 0.29) is 30.9 Å².